The number of carbonyl (C=O) groups excluding carboxylic acids is 2. The van der Waals surface area contributed by atoms with Crippen LogP contribution in [0.5, 0.6) is 5.75 Å². The lowest BCUT2D eigenvalue weighted by Gasteiger charge is -2.30. The van der Waals surface area contributed by atoms with Crippen molar-refractivity contribution in [2.75, 3.05) is 12.4 Å². The van der Waals surface area contributed by atoms with Crippen LogP contribution in [0.3, 0.4) is 0 Å². The molecule has 0 bridgehead atoms. The van der Waals surface area contributed by atoms with Gasteiger partial charge >= 0.3 is 12.1 Å². The van der Waals surface area contributed by atoms with Gasteiger partial charge in [0.2, 0.25) is 0 Å². The Kier molecular flexibility index (Phi) is 8.77. The molecular formula is C31H30F3N3O4S. The summed E-state index contributed by atoms with van der Waals surface area (Å²) in [5.74, 6) is -0.324. The number of methoxy groups -OCH3 is 1. The molecule has 11 heteroatoms. The Labute approximate surface area is 245 Å². The number of fused-ring (bicyclic) bond motifs is 1. The number of nitrogens with one attached hydrogen (secondary N) is 1. The van der Waals surface area contributed by atoms with Crippen LogP contribution in [0.4, 0.5) is 18.9 Å². The average Bonchev–Trinajstić information content (AvgIpc) is 3.42. The normalized spacial score (nSPS) is 17.9. The van der Waals surface area contributed by atoms with Crippen LogP contribution in [-0.2, 0) is 22.3 Å². The summed E-state index contributed by atoms with van der Waals surface area (Å²) in [4.78, 5) is 33.7. The van der Waals surface area contributed by atoms with Crippen molar-refractivity contribution in [1.82, 2.24) is 9.97 Å². The number of nitrogens with zero attached hydrogens (tertiary/aromatic N) is 2. The van der Waals surface area contributed by atoms with Crippen molar-refractivity contribution in [3.8, 4) is 5.75 Å². The highest BCUT2D eigenvalue weighted by Crippen LogP contribution is 2.43. The van der Waals surface area contributed by atoms with Crippen molar-refractivity contribution in [2.45, 2.75) is 51.3 Å². The molecule has 1 fully saturated rings. The number of ether oxygens (including phenoxy) is 2. The molecule has 1 atom stereocenters. The first-order valence-electron chi connectivity index (χ1n) is 13.7. The van der Waals surface area contributed by atoms with Gasteiger partial charge in [-0.1, -0.05) is 43.3 Å². The molecule has 220 valence electrons. The number of pyridine rings is 1. The summed E-state index contributed by atoms with van der Waals surface area (Å²) >= 11 is 1.51. The molecule has 1 aliphatic rings. The van der Waals surface area contributed by atoms with Gasteiger partial charge in [-0.15, -0.1) is 11.3 Å². The molecule has 7 nitrogen and oxygen atoms in total. The predicted octanol–water partition coefficient (Wildman–Crippen LogP) is 7.62. The highest BCUT2D eigenvalue weighted by atomic mass is 32.1. The predicted molar refractivity (Wildman–Crippen MR) is 153 cm³/mol. The van der Waals surface area contributed by atoms with Crippen molar-refractivity contribution in [1.29, 1.82) is 0 Å². The van der Waals surface area contributed by atoms with E-state index in [2.05, 4.69) is 10.3 Å². The minimum absolute atomic E-state index is 0.177. The third-order valence-electron chi connectivity index (χ3n) is 7.67. The number of carbonyl (C=O) groups is 2. The Morgan fingerprint density at radius 1 is 1.02 bits per heavy atom. The fourth-order valence-electron chi connectivity index (χ4n) is 5.24. The third kappa shape index (κ3) is 6.73. The van der Waals surface area contributed by atoms with E-state index in [1.165, 1.54) is 24.5 Å². The summed E-state index contributed by atoms with van der Waals surface area (Å²) < 4.78 is 51.0. The van der Waals surface area contributed by atoms with Crippen LogP contribution in [0.2, 0.25) is 0 Å². The van der Waals surface area contributed by atoms with E-state index in [0.29, 0.717) is 17.0 Å². The van der Waals surface area contributed by atoms with Gasteiger partial charge in [-0.25, -0.2) is 9.97 Å². The fraction of sp³-hybridized carbons (Fsp3) is 0.355. The molecular weight excluding hydrogens is 567 g/mol. The highest BCUT2D eigenvalue weighted by molar-refractivity contribution is 7.18. The zero-order valence-corrected chi connectivity index (χ0v) is 23.9. The summed E-state index contributed by atoms with van der Waals surface area (Å²) in [6.45, 7) is 2.21. The molecule has 1 N–H and O–H groups in total. The van der Waals surface area contributed by atoms with Crippen molar-refractivity contribution >= 4 is 39.1 Å². The van der Waals surface area contributed by atoms with Gasteiger partial charge in [0.1, 0.15) is 23.7 Å². The Bertz CT molecular complexity index is 1570. The molecule has 42 heavy (non-hydrogen) atoms. The number of amides is 1. The summed E-state index contributed by atoms with van der Waals surface area (Å²) in [7, 11) is 1.44. The van der Waals surface area contributed by atoms with Crippen LogP contribution in [0.15, 0.2) is 60.7 Å². The topological polar surface area (TPSA) is 90.4 Å². The van der Waals surface area contributed by atoms with Crippen molar-refractivity contribution in [3.05, 3.63) is 82.6 Å². The second-order valence-electron chi connectivity index (χ2n) is 10.4. The van der Waals surface area contributed by atoms with Crippen molar-refractivity contribution < 1.29 is 32.2 Å². The maximum Gasteiger partial charge on any atom is 0.433 e. The zero-order valence-electron chi connectivity index (χ0n) is 23.1. The largest absolute Gasteiger partial charge is 0.494 e. The minimum Gasteiger partial charge on any atom is -0.494 e. The van der Waals surface area contributed by atoms with E-state index in [0.717, 1.165) is 53.1 Å². The second-order valence-corrected chi connectivity index (χ2v) is 11.5. The summed E-state index contributed by atoms with van der Waals surface area (Å²) in [6.07, 6.45) is -1.10. The maximum absolute atomic E-state index is 13.1. The number of aromatic nitrogens is 2. The SMILES string of the molecule is COc1cc2nc(C3CCC(C(C)C(=O)OCc4ccccc4)CC3)sc2cc1NC(=O)c1cccc(C(F)(F)F)n1. The Hall–Kier alpha value is -3.99. The van der Waals surface area contributed by atoms with E-state index >= 15 is 0 Å². The minimum atomic E-state index is -4.66. The van der Waals surface area contributed by atoms with E-state index < -0.39 is 17.8 Å². The summed E-state index contributed by atoms with van der Waals surface area (Å²) in [6, 6.07) is 16.2. The standard InChI is InChI=1S/C31H30F3N3O4S/c1-18(30(39)41-17-19-7-4-3-5-8-19)20-11-13-21(14-12-20)29-37-24-15-25(40-2)23(16-26(24)42-29)36-28(38)22-9-6-10-27(35-22)31(32,33)34/h3-10,15-16,18,20-21H,11-14,17H2,1-2H3,(H,36,38). The van der Waals surface area contributed by atoms with Gasteiger partial charge in [0.05, 0.1) is 33.9 Å². The van der Waals surface area contributed by atoms with Gasteiger partial charge in [-0.2, -0.15) is 13.2 Å². The van der Waals surface area contributed by atoms with Gasteiger partial charge in [0, 0.05) is 12.0 Å². The Morgan fingerprint density at radius 3 is 2.45 bits per heavy atom. The lowest BCUT2D eigenvalue weighted by atomic mass is 9.76. The number of esters is 1. The van der Waals surface area contributed by atoms with Gasteiger partial charge in [-0.3, -0.25) is 9.59 Å². The van der Waals surface area contributed by atoms with Crippen LogP contribution < -0.4 is 10.1 Å². The molecule has 2 aromatic heterocycles. The third-order valence-corrected chi connectivity index (χ3v) is 8.85. The lowest BCUT2D eigenvalue weighted by molar-refractivity contribution is -0.151. The molecule has 1 unspecified atom stereocenters. The van der Waals surface area contributed by atoms with Gasteiger partial charge in [-0.05, 0) is 55.4 Å². The average molecular weight is 598 g/mol. The van der Waals surface area contributed by atoms with Gasteiger partial charge < -0.3 is 14.8 Å². The fourth-order valence-corrected chi connectivity index (χ4v) is 6.40. The molecule has 4 aromatic rings. The molecule has 1 aliphatic carbocycles. The lowest BCUT2D eigenvalue weighted by Crippen LogP contribution is -2.26. The van der Waals surface area contributed by atoms with E-state index in [4.69, 9.17) is 14.5 Å². The molecule has 0 saturated heterocycles. The molecule has 2 aromatic carbocycles. The van der Waals surface area contributed by atoms with Gasteiger partial charge in [0.15, 0.2) is 0 Å². The molecule has 2 heterocycles. The monoisotopic (exact) mass is 597 g/mol. The molecule has 1 saturated carbocycles. The van der Waals surface area contributed by atoms with Crippen LogP contribution in [-0.4, -0.2) is 29.0 Å². The molecule has 0 radical (unpaired) electrons. The van der Waals surface area contributed by atoms with Crippen LogP contribution >= 0.6 is 11.3 Å². The smallest absolute Gasteiger partial charge is 0.433 e. The van der Waals surface area contributed by atoms with Crippen molar-refractivity contribution in [3.63, 3.8) is 0 Å². The number of hydrogen-bond donors (Lipinski definition) is 1. The first-order valence-corrected chi connectivity index (χ1v) is 14.5. The quantitative estimate of drug-likeness (QED) is 0.210. The van der Waals surface area contributed by atoms with E-state index in [-0.39, 0.29) is 36.0 Å². The van der Waals surface area contributed by atoms with E-state index in [1.807, 2.05) is 37.3 Å². The molecule has 1 amide bonds. The number of alkyl halides is 3. The molecule has 5 rings (SSSR count). The number of hydrogen-bond acceptors (Lipinski definition) is 7. The van der Waals surface area contributed by atoms with Crippen LogP contribution in [0.1, 0.15) is 65.3 Å². The maximum atomic E-state index is 13.1. The van der Waals surface area contributed by atoms with E-state index in [9.17, 15) is 22.8 Å². The first-order chi connectivity index (χ1) is 20.1. The summed E-state index contributed by atoms with van der Waals surface area (Å²) in [5.41, 5.74) is 0.493. The molecule has 0 aliphatic heterocycles. The Morgan fingerprint density at radius 2 is 1.76 bits per heavy atom. The van der Waals surface area contributed by atoms with E-state index in [1.54, 1.807) is 12.1 Å². The zero-order chi connectivity index (χ0) is 29.9. The number of thiazole rings is 1. The number of halogens is 3. The summed E-state index contributed by atoms with van der Waals surface area (Å²) in [5, 5.41) is 3.59. The van der Waals surface area contributed by atoms with Crippen LogP contribution in [0.25, 0.3) is 10.2 Å². The van der Waals surface area contributed by atoms with Gasteiger partial charge in [0.25, 0.3) is 5.91 Å². The molecule has 0 spiro atoms. The number of anilines is 1. The Balaban J connectivity index is 1.23. The van der Waals surface area contributed by atoms with Crippen LogP contribution in [0, 0.1) is 11.8 Å². The first kappa shape index (κ1) is 29.5. The van der Waals surface area contributed by atoms with Crippen molar-refractivity contribution in [2.24, 2.45) is 11.8 Å². The number of rotatable bonds is 8. The highest BCUT2D eigenvalue weighted by Gasteiger charge is 2.33. The number of benzene rings is 2. The second kappa shape index (κ2) is 12.5.